The fraction of sp³-hybridized carbons (Fsp3) is 0.588. The fourth-order valence-electron chi connectivity index (χ4n) is 3.10. The molecule has 1 saturated carbocycles. The zero-order chi connectivity index (χ0) is 14.8. The van der Waals surface area contributed by atoms with E-state index in [0.717, 1.165) is 31.2 Å². The van der Waals surface area contributed by atoms with Crippen molar-refractivity contribution in [3.05, 3.63) is 29.8 Å². The van der Waals surface area contributed by atoms with Gasteiger partial charge in [-0.05, 0) is 52.9 Å². The maximum atomic E-state index is 13.1. The van der Waals surface area contributed by atoms with Gasteiger partial charge < -0.3 is 4.74 Å². The van der Waals surface area contributed by atoms with Gasteiger partial charge in [0.1, 0.15) is 5.75 Å². The number of likely N-dealkylation sites (N-methyl/N-ethyl adjacent to an activating group) is 1. The van der Waals surface area contributed by atoms with Crippen molar-refractivity contribution in [2.24, 2.45) is 0 Å². The highest BCUT2D eigenvalue weighted by atomic mass is 16.5. The van der Waals surface area contributed by atoms with Crippen LogP contribution in [0.25, 0.3) is 0 Å². The molecule has 0 bridgehead atoms. The molecule has 0 spiro atoms. The molecule has 2 rings (SSSR count). The normalized spacial score (nSPS) is 17.7. The van der Waals surface area contributed by atoms with Gasteiger partial charge in [-0.2, -0.15) is 0 Å². The molecule has 110 valence electrons. The summed E-state index contributed by atoms with van der Waals surface area (Å²) in [5.41, 5.74) is 0.369. The first-order valence-corrected chi connectivity index (χ1v) is 7.45. The Morgan fingerprint density at radius 2 is 1.80 bits per heavy atom. The molecule has 0 unspecified atom stereocenters. The minimum Gasteiger partial charge on any atom is -0.490 e. The lowest BCUT2D eigenvalue weighted by molar-refractivity contribution is 0.0687. The highest BCUT2D eigenvalue weighted by molar-refractivity contribution is 6.05. The second-order valence-electron chi connectivity index (χ2n) is 6.13. The summed E-state index contributed by atoms with van der Waals surface area (Å²) in [5.74, 6) is 0.914. The average Bonchev–Trinajstić information content (AvgIpc) is 2.88. The van der Waals surface area contributed by atoms with Crippen LogP contribution >= 0.6 is 0 Å². The van der Waals surface area contributed by atoms with E-state index in [1.54, 1.807) is 0 Å². The molecule has 1 aliphatic carbocycles. The summed E-state index contributed by atoms with van der Waals surface area (Å²) < 4.78 is 5.81. The third-order valence-corrected chi connectivity index (χ3v) is 4.20. The Bertz CT molecular complexity index is 474. The number of carbonyl (C=O) groups excluding carboxylic acids is 1. The Hall–Kier alpha value is -1.35. The van der Waals surface area contributed by atoms with Crippen molar-refractivity contribution < 1.29 is 9.53 Å². The molecule has 0 aliphatic heterocycles. The Labute approximate surface area is 121 Å². The van der Waals surface area contributed by atoms with Gasteiger partial charge in [-0.1, -0.05) is 25.0 Å². The summed E-state index contributed by atoms with van der Waals surface area (Å²) in [6.07, 6.45) is 4.20. The number of rotatable bonds is 5. The Morgan fingerprint density at radius 1 is 1.20 bits per heavy atom. The number of hydrogen-bond acceptors (Lipinski definition) is 3. The summed E-state index contributed by atoms with van der Waals surface area (Å²) in [5, 5.41) is 0. The second-order valence-corrected chi connectivity index (χ2v) is 6.13. The van der Waals surface area contributed by atoms with Crippen LogP contribution in [0.2, 0.25) is 0 Å². The van der Waals surface area contributed by atoms with E-state index in [2.05, 4.69) is 4.90 Å². The van der Waals surface area contributed by atoms with Crippen LogP contribution in [0.15, 0.2) is 24.3 Å². The molecular formula is C17H25NO2. The summed E-state index contributed by atoms with van der Waals surface area (Å²) in [6.45, 7) is 3.97. The average molecular weight is 275 g/mol. The first-order chi connectivity index (χ1) is 9.47. The van der Waals surface area contributed by atoms with Gasteiger partial charge in [-0.25, -0.2) is 0 Å². The number of ether oxygens (including phenoxy) is 1. The van der Waals surface area contributed by atoms with Crippen molar-refractivity contribution in [1.29, 1.82) is 0 Å². The van der Waals surface area contributed by atoms with E-state index in [9.17, 15) is 4.79 Å². The Morgan fingerprint density at radius 3 is 2.35 bits per heavy atom. The molecule has 1 fully saturated rings. The van der Waals surface area contributed by atoms with Crippen LogP contribution in [0.3, 0.4) is 0 Å². The number of hydrogen-bond donors (Lipinski definition) is 0. The Kier molecular flexibility index (Phi) is 4.48. The van der Waals surface area contributed by atoms with Gasteiger partial charge >= 0.3 is 0 Å². The lowest BCUT2D eigenvalue weighted by Gasteiger charge is -2.35. The van der Waals surface area contributed by atoms with Gasteiger partial charge in [0.2, 0.25) is 0 Å². The largest absolute Gasteiger partial charge is 0.490 e. The number of nitrogens with zero attached hydrogens (tertiary/aromatic N) is 1. The molecule has 0 atom stereocenters. The topological polar surface area (TPSA) is 29.5 Å². The maximum absolute atomic E-state index is 13.1. The predicted octanol–water partition coefficient (Wildman–Crippen LogP) is 3.53. The highest BCUT2D eigenvalue weighted by Crippen LogP contribution is 2.38. The van der Waals surface area contributed by atoms with Crippen molar-refractivity contribution in [1.82, 2.24) is 4.90 Å². The summed E-state index contributed by atoms with van der Waals surface area (Å²) in [4.78, 5) is 15.2. The quantitative estimate of drug-likeness (QED) is 0.770. The maximum Gasteiger partial charge on any atom is 0.186 e. The molecule has 0 amide bonds. The van der Waals surface area contributed by atoms with Crippen molar-refractivity contribution in [3.8, 4) is 5.75 Å². The molecule has 0 N–H and O–H groups in total. The molecular weight excluding hydrogens is 250 g/mol. The standard InChI is InChI=1S/C17H25NO2/c1-13(2)20-15-10-6-5-9-14(15)16(19)17(18(3)4)11-7-8-12-17/h5-6,9-10,13H,7-8,11-12H2,1-4H3. The molecule has 1 aliphatic rings. The molecule has 1 aromatic carbocycles. The summed E-state index contributed by atoms with van der Waals surface area (Å²) >= 11 is 0. The van der Waals surface area contributed by atoms with Gasteiger partial charge in [-0.15, -0.1) is 0 Å². The van der Waals surface area contributed by atoms with Crippen molar-refractivity contribution in [3.63, 3.8) is 0 Å². The third kappa shape index (κ3) is 2.73. The summed E-state index contributed by atoms with van der Waals surface area (Å²) in [6, 6.07) is 7.62. The molecule has 1 aromatic rings. The molecule has 20 heavy (non-hydrogen) atoms. The van der Waals surface area contributed by atoms with Crippen LogP contribution < -0.4 is 4.74 Å². The zero-order valence-electron chi connectivity index (χ0n) is 13.0. The van der Waals surface area contributed by atoms with E-state index in [1.165, 1.54) is 0 Å². The smallest absolute Gasteiger partial charge is 0.186 e. The number of ketones is 1. The fourth-order valence-corrected chi connectivity index (χ4v) is 3.10. The van der Waals surface area contributed by atoms with Crippen LogP contribution in [0.1, 0.15) is 49.9 Å². The molecule has 3 heteroatoms. The lowest BCUT2D eigenvalue weighted by atomic mass is 9.86. The highest BCUT2D eigenvalue weighted by Gasteiger charge is 2.44. The minimum absolute atomic E-state index is 0.0721. The molecule has 0 radical (unpaired) electrons. The van der Waals surface area contributed by atoms with Crippen molar-refractivity contribution in [2.75, 3.05) is 14.1 Å². The van der Waals surface area contributed by atoms with Gasteiger partial charge in [0.15, 0.2) is 5.78 Å². The van der Waals surface area contributed by atoms with E-state index in [4.69, 9.17) is 4.74 Å². The molecule has 0 heterocycles. The predicted molar refractivity (Wildman–Crippen MR) is 81.4 cm³/mol. The van der Waals surface area contributed by atoms with Crippen LogP contribution in [0.4, 0.5) is 0 Å². The van der Waals surface area contributed by atoms with Crippen LogP contribution in [0.5, 0.6) is 5.75 Å². The Balaban J connectivity index is 2.37. The number of Topliss-reactive ketones (excluding diaryl/α,β-unsaturated/α-hetero) is 1. The second kappa shape index (κ2) is 5.96. The van der Waals surface area contributed by atoms with Crippen molar-refractivity contribution >= 4 is 5.78 Å². The third-order valence-electron chi connectivity index (χ3n) is 4.20. The summed E-state index contributed by atoms with van der Waals surface area (Å²) in [7, 11) is 4.02. The van der Waals surface area contributed by atoms with Crippen LogP contribution in [-0.2, 0) is 0 Å². The lowest BCUT2D eigenvalue weighted by Crippen LogP contribution is -2.49. The van der Waals surface area contributed by atoms with Gasteiger partial charge in [-0.3, -0.25) is 9.69 Å². The van der Waals surface area contributed by atoms with Crippen molar-refractivity contribution in [2.45, 2.75) is 51.2 Å². The first kappa shape index (κ1) is 15.0. The van der Waals surface area contributed by atoms with E-state index in [0.29, 0.717) is 5.75 Å². The van der Waals surface area contributed by atoms with E-state index in [1.807, 2.05) is 52.2 Å². The van der Waals surface area contributed by atoms with Crippen LogP contribution in [0, 0.1) is 0 Å². The van der Waals surface area contributed by atoms with Crippen LogP contribution in [-0.4, -0.2) is 36.4 Å². The minimum atomic E-state index is -0.351. The van der Waals surface area contributed by atoms with Gasteiger partial charge in [0, 0.05) is 0 Å². The molecule has 0 saturated heterocycles. The monoisotopic (exact) mass is 275 g/mol. The number of benzene rings is 1. The number of para-hydroxylation sites is 1. The number of carbonyl (C=O) groups is 1. The van der Waals surface area contributed by atoms with Gasteiger partial charge in [0.05, 0.1) is 17.2 Å². The first-order valence-electron chi connectivity index (χ1n) is 7.45. The molecule has 3 nitrogen and oxygen atoms in total. The van der Waals surface area contributed by atoms with Gasteiger partial charge in [0.25, 0.3) is 0 Å². The van der Waals surface area contributed by atoms with E-state index < -0.39 is 0 Å². The SMILES string of the molecule is CC(C)Oc1ccccc1C(=O)C1(N(C)C)CCCC1. The zero-order valence-corrected chi connectivity index (χ0v) is 13.0. The van der Waals surface area contributed by atoms with E-state index in [-0.39, 0.29) is 17.4 Å². The molecule has 0 aromatic heterocycles. The van der Waals surface area contributed by atoms with E-state index >= 15 is 0 Å².